The number of primary amides is 1. The van der Waals surface area contributed by atoms with Crippen molar-refractivity contribution in [3.63, 3.8) is 0 Å². The Morgan fingerprint density at radius 2 is 2.44 bits per heavy atom. The molecule has 0 spiro atoms. The molecule has 1 aromatic heterocycles. The van der Waals surface area contributed by atoms with Crippen molar-refractivity contribution in [1.82, 2.24) is 15.5 Å². The third kappa shape index (κ3) is 4.19. The van der Waals surface area contributed by atoms with Crippen molar-refractivity contribution in [2.45, 2.75) is 26.4 Å². The van der Waals surface area contributed by atoms with Crippen LogP contribution in [-0.4, -0.2) is 33.6 Å². The molecular weight excluding hydrogens is 228 g/mol. The lowest BCUT2D eigenvalue weighted by atomic mass is 10.4. The van der Waals surface area contributed by atoms with Gasteiger partial charge in [-0.2, -0.15) is 16.7 Å². The minimum Gasteiger partial charge on any atom is -0.361 e. The summed E-state index contributed by atoms with van der Waals surface area (Å²) < 4.78 is 4.66. The Bertz CT molecular complexity index is 342. The van der Waals surface area contributed by atoms with Crippen LogP contribution in [0.4, 0.5) is 0 Å². The van der Waals surface area contributed by atoms with E-state index in [1.807, 2.05) is 11.8 Å². The number of nitrogens with one attached hydrogen (secondary N) is 1. The molecule has 1 aromatic rings. The Hall–Kier alpha value is -1.08. The zero-order chi connectivity index (χ0) is 12.0. The first-order valence-corrected chi connectivity index (χ1v) is 6.22. The van der Waals surface area contributed by atoms with E-state index in [1.54, 1.807) is 0 Å². The van der Waals surface area contributed by atoms with Gasteiger partial charge < -0.3 is 15.6 Å². The van der Waals surface area contributed by atoms with Gasteiger partial charge in [-0.1, -0.05) is 12.1 Å². The molecule has 0 aliphatic carbocycles. The van der Waals surface area contributed by atoms with E-state index in [1.165, 1.54) is 0 Å². The topological polar surface area (TPSA) is 94.0 Å². The van der Waals surface area contributed by atoms with Gasteiger partial charge in [-0.15, -0.1) is 0 Å². The van der Waals surface area contributed by atoms with Crippen molar-refractivity contribution in [3.8, 4) is 0 Å². The van der Waals surface area contributed by atoms with E-state index in [-0.39, 0.29) is 5.89 Å². The second kappa shape index (κ2) is 6.49. The number of carbonyl (C=O) groups is 1. The van der Waals surface area contributed by atoms with Crippen molar-refractivity contribution in [3.05, 3.63) is 11.7 Å². The van der Waals surface area contributed by atoms with Crippen LogP contribution in [0.15, 0.2) is 4.52 Å². The predicted molar refractivity (Wildman–Crippen MR) is 62.1 cm³/mol. The highest BCUT2D eigenvalue weighted by Crippen LogP contribution is 2.02. The van der Waals surface area contributed by atoms with E-state index in [2.05, 4.69) is 33.8 Å². The van der Waals surface area contributed by atoms with Gasteiger partial charge in [0.05, 0.1) is 6.54 Å². The van der Waals surface area contributed by atoms with Crippen LogP contribution in [0, 0.1) is 0 Å². The van der Waals surface area contributed by atoms with Gasteiger partial charge in [0, 0.05) is 11.8 Å². The highest BCUT2D eigenvalue weighted by Gasteiger charge is 2.11. The van der Waals surface area contributed by atoms with Crippen LogP contribution in [0.3, 0.4) is 0 Å². The highest BCUT2D eigenvalue weighted by atomic mass is 32.2. The first-order valence-electron chi connectivity index (χ1n) is 5.07. The van der Waals surface area contributed by atoms with Crippen LogP contribution in [0.1, 0.15) is 30.4 Å². The van der Waals surface area contributed by atoms with E-state index in [9.17, 15) is 4.79 Å². The monoisotopic (exact) mass is 244 g/mol. The Kier molecular flexibility index (Phi) is 5.27. The largest absolute Gasteiger partial charge is 0.361 e. The summed E-state index contributed by atoms with van der Waals surface area (Å²) in [7, 11) is 0. The molecule has 1 atom stereocenters. The van der Waals surface area contributed by atoms with Gasteiger partial charge in [-0.05, 0) is 12.7 Å². The summed E-state index contributed by atoms with van der Waals surface area (Å²) in [5, 5.41) is 6.86. The minimum atomic E-state index is -0.701. The van der Waals surface area contributed by atoms with E-state index in [4.69, 9.17) is 5.73 Å². The van der Waals surface area contributed by atoms with Crippen molar-refractivity contribution >= 4 is 17.7 Å². The van der Waals surface area contributed by atoms with Crippen molar-refractivity contribution < 1.29 is 9.32 Å². The summed E-state index contributed by atoms with van der Waals surface area (Å²) in [6.45, 7) is 4.68. The quantitative estimate of drug-likeness (QED) is 0.721. The number of nitrogens with two attached hydrogens (primary N) is 1. The van der Waals surface area contributed by atoms with Gasteiger partial charge in [-0.3, -0.25) is 4.79 Å². The van der Waals surface area contributed by atoms with E-state index in [0.29, 0.717) is 18.4 Å². The fourth-order valence-corrected chi connectivity index (χ4v) is 1.75. The molecule has 0 unspecified atom stereocenters. The Morgan fingerprint density at radius 1 is 1.69 bits per heavy atom. The van der Waals surface area contributed by atoms with Crippen LogP contribution in [0.25, 0.3) is 0 Å². The van der Waals surface area contributed by atoms with Crippen LogP contribution >= 0.6 is 11.8 Å². The maximum atomic E-state index is 10.7. The van der Waals surface area contributed by atoms with Gasteiger partial charge in [-0.25, -0.2) is 0 Å². The number of amides is 1. The molecule has 6 nitrogen and oxygen atoms in total. The molecule has 16 heavy (non-hydrogen) atoms. The number of carbonyl (C=O) groups excluding carboxylic acids is 1. The number of hydrogen-bond acceptors (Lipinski definition) is 6. The maximum Gasteiger partial charge on any atom is 0.315 e. The van der Waals surface area contributed by atoms with Crippen LogP contribution in [0.5, 0.6) is 0 Å². The van der Waals surface area contributed by atoms with Crippen molar-refractivity contribution in [2.24, 2.45) is 5.73 Å². The summed E-state index contributed by atoms with van der Waals surface area (Å²) in [6, 6.07) is 0.362. The third-order valence-corrected chi connectivity index (χ3v) is 3.00. The molecule has 0 aliphatic heterocycles. The molecule has 0 bridgehead atoms. The fourth-order valence-electron chi connectivity index (χ4n) is 1.04. The van der Waals surface area contributed by atoms with Gasteiger partial charge >= 0.3 is 11.8 Å². The molecule has 1 rings (SSSR count). The molecule has 0 saturated carbocycles. The standard InChI is InChI=1S/C9H16N4O2S/c1-3-16-5-6(2)11-4-7-12-9(8(10)14)15-13-7/h6,11H,3-5H2,1-2H3,(H2,10,14)/t6-/m0/s1. The number of thioether (sulfide) groups is 1. The number of aromatic nitrogens is 2. The van der Waals surface area contributed by atoms with Crippen LogP contribution in [-0.2, 0) is 6.54 Å². The Balaban J connectivity index is 2.33. The molecule has 0 fully saturated rings. The normalized spacial score (nSPS) is 12.6. The van der Waals surface area contributed by atoms with Crippen molar-refractivity contribution in [1.29, 1.82) is 0 Å². The zero-order valence-corrected chi connectivity index (χ0v) is 10.2. The summed E-state index contributed by atoms with van der Waals surface area (Å²) in [4.78, 5) is 14.5. The molecule has 0 aliphatic rings. The first-order chi connectivity index (χ1) is 7.63. The molecule has 1 amide bonds. The van der Waals surface area contributed by atoms with E-state index >= 15 is 0 Å². The molecule has 90 valence electrons. The van der Waals surface area contributed by atoms with Crippen LogP contribution in [0.2, 0.25) is 0 Å². The van der Waals surface area contributed by atoms with Gasteiger partial charge in [0.1, 0.15) is 0 Å². The number of nitrogens with zero attached hydrogens (tertiary/aromatic N) is 2. The van der Waals surface area contributed by atoms with Gasteiger partial charge in [0.15, 0.2) is 5.82 Å². The second-order valence-corrected chi connectivity index (χ2v) is 4.64. The Morgan fingerprint density at radius 3 is 3.00 bits per heavy atom. The summed E-state index contributed by atoms with van der Waals surface area (Å²) in [6.07, 6.45) is 0. The molecular formula is C9H16N4O2S. The SMILES string of the molecule is CCSC[C@H](C)NCc1noc(C(N)=O)n1. The lowest BCUT2D eigenvalue weighted by Crippen LogP contribution is -2.28. The number of hydrogen-bond donors (Lipinski definition) is 2. The van der Waals surface area contributed by atoms with Crippen LogP contribution < -0.4 is 11.1 Å². The van der Waals surface area contributed by atoms with Gasteiger partial charge in [0.2, 0.25) is 0 Å². The number of rotatable bonds is 7. The molecule has 7 heteroatoms. The average Bonchev–Trinajstić information content (AvgIpc) is 2.72. The average molecular weight is 244 g/mol. The lowest BCUT2D eigenvalue weighted by Gasteiger charge is -2.10. The summed E-state index contributed by atoms with van der Waals surface area (Å²) in [5.74, 6) is 1.72. The second-order valence-electron chi connectivity index (χ2n) is 3.32. The summed E-state index contributed by atoms with van der Waals surface area (Å²) in [5.41, 5.74) is 4.99. The van der Waals surface area contributed by atoms with Gasteiger partial charge in [0.25, 0.3) is 0 Å². The highest BCUT2D eigenvalue weighted by molar-refractivity contribution is 7.99. The minimum absolute atomic E-state index is 0.146. The smallest absolute Gasteiger partial charge is 0.315 e. The Labute approximate surface area is 98.3 Å². The molecule has 0 saturated heterocycles. The first kappa shape index (κ1) is 13.0. The molecule has 3 N–H and O–H groups in total. The third-order valence-electron chi connectivity index (χ3n) is 1.86. The molecule has 1 heterocycles. The van der Waals surface area contributed by atoms with E-state index in [0.717, 1.165) is 11.5 Å². The predicted octanol–water partition coefficient (Wildman–Crippen LogP) is 0.400. The summed E-state index contributed by atoms with van der Waals surface area (Å²) >= 11 is 1.86. The molecule has 0 aromatic carbocycles. The van der Waals surface area contributed by atoms with Crippen molar-refractivity contribution in [2.75, 3.05) is 11.5 Å². The maximum absolute atomic E-state index is 10.7. The fraction of sp³-hybridized carbons (Fsp3) is 0.667. The molecule has 0 radical (unpaired) electrons. The lowest BCUT2D eigenvalue weighted by molar-refractivity contribution is 0.0958. The zero-order valence-electron chi connectivity index (χ0n) is 9.40. The van der Waals surface area contributed by atoms with E-state index < -0.39 is 5.91 Å².